The first-order valence-electron chi connectivity index (χ1n) is 9.76. The summed E-state index contributed by atoms with van der Waals surface area (Å²) in [7, 11) is 0. The monoisotopic (exact) mass is 430 g/mol. The summed E-state index contributed by atoms with van der Waals surface area (Å²) in [6.45, 7) is 0. The minimum Gasteiger partial charge on any atom is -0.334 e. The molecule has 1 saturated carbocycles. The standard InChI is InChI=1S/C21H22N4O2S.ClH/c22-21(9-1-2-10-21)20-24-18(27-25-20)16-8-11-28-19(16)23-17(26)15-7-6-13-4-3-5-14(13)12-15;/h6-8,11-12H,1-5,9-10,22H2,(H,23,26);1H. The van der Waals surface area contributed by atoms with Crippen molar-refractivity contribution in [2.75, 3.05) is 5.32 Å². The Morgan fingerprint density at radius 1 is 1.14 bits per heavy atom. The average Bonchev–Trinajstić information content (AvgIpc) is 3.47. The Hall–Kier alpha value is -2.22. The second kappa shape index (κ2) is 7.89. The van der Waals surface area contributed by atoms with Gasteiger partial charge in [0.05, 0.1) is 11.1 Å². The fraction of sp³-hybridized carbons (Fsp3) is 0.381. The molecule has 0 spiro atoms. The molecule has 0 unspecified atom stereocenters. The van der Waals surface area contributed by atoms with Gasteiger partial charge in [0.15, 0.2) is 5.82 Å². The number of nitrogens with one attached hydrogen (secondary N) is 1. The summed E-state index contributed by atoms with van der Waals surface area (Å²) in [5, 5.41) is 9.74. The van der Waals surface area contributed by atoms with E-state index in [-0.39, 0.29) is 18.3 Å². The zero-order valence-electron chi connectivity index (χ0n) is 15.9. The minimum atomic E-state index is -0.494. The molecule has 0 saturated heterocycles. The van der Waals surface area contributed by atoms with Crippen molar-refractivity contribution in [3.8, 4) is 11.5 Å². The maximum absolute atomic E-state index is 12.8. The SMILES string of the molecule is Cl.NC1(c2noc(-c3ccsc3NC(=O)c3ccc4c(c3)CCC4)n2)CCCC1. The van der Waals surface area contributed by atoms with E-state index in [0.717, 1.165) is 50.5 Å². The van der Waals surface area contributed by atoms with E-state index >= 15 is 0 Å². The number of halogens is 1. The van der Waals surface area contributed by atoms with Crippen LogP contribution in [0.1, 0.15) is 59.4 Å². The number of benzene rings is 1. The van der Waals surface area contributed by atoms with Crippen LogP contribution in [0.3, 0.4) is 0 Å². The van der Waals surface area contributed by atoms with Crippen molar-refractivity contribution in [3.63, 3.8) is 0 Å². The molecular weight excluding hydrogens is 408 g/mol. The Morgan fingerprint density at radius 3 is 2.76 bits per heavy atom. The molecular formula is C21H23ClN4O2S. The second-order valence-electron chi connectivity index (χ2n) is 7.74. The van der Waals surface area contributed by atoms with Crippen LogP contribution >= 0.6 is 23.7 Å². The van der Waals surface area contributed by atoms with Gasteiger partial charge in [-0.3, -0.25) is 4.79 Å². The number of hydrogen-bond donors (Lipinski definition) is 2. The van der Waals surface area contributed by atoms with Gasteiger partial charge in [-0.25, -0.2) is 0 Å². The summed E-state index contributed by atoms with van der Waals surface area (Å²) in [4.78, 5) is 17.3. The minimum absolute atomic E-state index is 0. The first-order chi connectivity index (χ1) is 13.6. The Morgan fingerprint density at radius 2 is 1.93 bits per heavy atom. The van der Waals surface area contributed by atoms with Crippen LogP contribution in [0.2, 0.25) is 0 Å². The highest BCUT2D eigenvalue weighted by Gasteiger charge is 2.36. The molecule has 0 aliphatic heterocycles. The lowest BCUT2D eigenvalue weighted by molar-refractivity contribution is 0.102. The average molecular weight is 431 g/mol. The fourth-order valence-corrected chi connectivity index (χ4v) is 5.00. The number of nitrogens with two attached hydrogens (primary N) is 1. The van der Waals surface area contributed by atoms with E-state index in [2.05, 4.69) is 21.5 Å². The first kappa shape index (κ1) is 20.1. The molecule has 3 aromatic rings. The second-order valence-corrected chi connectivity index (χ2v) is 8.66. The number of nitrogens with zero attached hydrogens (tertiary/aromatic N) is 2. The van der Waals surface area contributed by atoms with Gasteiger partial charge in [0.25, 0.3) is 11.8 Å². The quantitative estimate of drug-likeness (QED) is 0.626. The molecule has 5 rings (SSSR count). The van der Waals surface area contributed by atoms with E-state index in [4.69, 9.17) is 10.3 Å². The van der Waals surface area contributed by atoms with Gasteiger partial charge < -0.3 is 15.6 Å². The highest BCUT2D eigenvalue weighted by atomic mass is 35.5. The van der Waals surface area contributed by atoms with Gasteiger partial charge in [0.1, 0.15) is 5.00 Å². The van der Waals surface area contributed by atoms with E-state index < -0.39 is 5.54 Å². The normalized spacial score (nSPS) is 17.0. The maximum atomic E-state index is 12.8. The van der Waals surface area contributed by atoms with Crippen LogP contribution in [0.4, 0.5) is 5.00 Å². The topological polar surface area (TPSA) is 94.0 Å². The number of amides is 1. The first-order valence-corrected chi connectivity index (χ1v) is 10.6. The molecule has 1 aromatic carbocycles. The number of carbonyl (C=O) groups is 1. The van der Waals surface area contributed by atoms with Crippen LogP contribution in [0.15, 0.2) is 34.2 Å². The van der Waals surface area contributed by atoms with Crippen LogP contribution in [0, 0.1) is 0 Å². The molecule has 0 bridgehead atoms. The third kappa shape index (κ3) is 3.70. The lowest BCUT2D eigenvalue weighted by Gasteiger charge is -2.17. The molecule has 2 aliphatic carbocycles. The summed E-state index contributed by atoms with van der Waals surface area (Å²) in [6, 6.07) is 7.86. The van der Waals surface area contributed by atoms with Crippen LogP contribution in [-0.4, -0.2) is 16.0 Å². The van der Waals surface area contributed by atoms with E-state index in [9.17, 15) is 4.79 Å². The zero-order chi connectivity index (χ0) is 19.1. The Balaban J connectivity index is 0.00000205. The smallest absolute Gasteiger partial charge is 0.260 e. The van der Waals surface area contributed by atoms with E-state index in [1.54, 1.807) is 0 Å². The molecule has 152 valence electrons. The molecule has 2 heterocycles. The van der Waals surface area contributed by atoms with Gasteiger partial charge in [-0.05, 0) is 66.8 Å². The predicted molar refractivity (Wildman–Crippen MR) is 116 cm³/mol. The molecule has 29 heavy (non-hydrogen) atoms. The molecule has 2 aliphatic rings. The van der Waals surface area contributed by atoms with Gasteiger partial charge in [0, 0.05) is 5.56 Å². The van der Waals surface area contributed by atoms with Crippen molar-refractivity contribution in [2.45, 2.75) is 50.5 Å². The number of hydrogen-bond acceptors (Lipinski definition) is 6. The van der Waals surface area contributed by atoms with E-state index in [0.29, 0.717) is 22.3 Å². The Bertz CT molecular complexity index is 1040. The third-order valence-corrected chi connectivity index (χ3v) is 6.68. The van der Waals surface area contributed by atoms with Crippen molar-refractivity contribution in [1.29, 1.82) is 0 Å². The summed E-state index contributed by atoms with van der Waals surface area (Å²) in [6.07, 6.45) is 7.23. The highest BCUT2D eigenvalue weighted by Crippen LogP contribution is 2.37. The molecule has 0 radical (unpaired) electrons. The number of thiophene rings is 1. The largest absolute Gasteiger partial charge is 0.334 e. The van der Waals surface area contributed by atoms with Crippen LogP contribution in [-0.2, 0) is 18.4 Å². The molecule has 1 fully saturated rings. The number of carbonyl (C=O) groups excluding carboxylic acids is 1. The summed E-state index contributed by atoms with van der Waals surface area (Å²) in [5.74, 6) is 0.837. The molecule has 1 amide bonds. The fourth-order valence-electron chi connectivity index (χ4n) is 4.23. The Labute approximate surface area is 179 Å². The van der Waals surface area contributed by atoms with Crippen molar-refractivity contribution < 1.29 is 9.32 Å². The van der Waals surface area contributed by atoms with Gasteiger partial charge in [-0.2, -0.15) is 4.98 Å². The summed E-state index contributed by atoms with van der Waals surface area (Å²) >= 11 is 1.44. The van der Waals surface area contributed by atoms with Crippen LogP contribution in [0.5, 0.6) is 0 Å². The van der Waals surface area contributed by atoms with Crippen molar-refractivity contribution in [1.82, 2.24) is 10.1 Å². The number of anilines is 1. The van der Waals surface area contributed by atoms with Gasteiger partial charge in [-0.15, -0.1) is 23.7 Å². The van der Waals surface area contributed by atoms with Crippen LogP contribution in [0.25, 0.3) is 11.5 Å². The zero-order valence-corrected chi connectivity index (χ0v) is 17.6. The summed E-state index contributed by atoms with van der Waals surface area (Å²) < 4.78 is 5.49. The van der Waals surface area contributed by atoms with Crippen molar-refractivity contribution in [2.24, 2.45) is 5.73 Å². The molecule has 8 heteroatoms. The lowest BCUT2D eigenvalue weighted by Crippen LogP contribution is -2.34. The summed E-state index contributed by atoms with van der Waals surface area (Å²) in [5.41, 5.74) is 9.99. The lowest BCUT2D eigenvalue weighted by atomic mass is 9.99. The number of aromatic nitrogens is 2. The predicted octanol–water partition coefficient (Wildman–Crippen LogP) is 4.69. The molecule has 0 atom stereocenters. The molecule has 3 N–H and O–H groups in total. The highest BCUT2D eigenvalue weighted by molar-refractivity contribution is 7.15. The van der Waals surface area contributed by atoms with Gasteiger partial charge >= 0.3 is 0 Å². The number of rotatable bonds is 4. The van der Waals surface area contributed by atoms with Crippen LogP contribution < -0.4 is 11.1 Å². The van der Waals surface area contributed by atoms with Gasteiger partial charge in [0.2, 0.25) is 0 Å². The van der Waals surface area contributed by atoms with E-state index in [1.807, 2.05) is 23.6 Å². The molecule has 2 aromatic heterocycles. The number of aryl methyl sites for hydroxylation is 2. The van der Waals surface area contributed by atoms with E-state index in [1.165, 1.54) is 22.5 Å². The maximum Gasteiger partial charge on any atom is 0.260 e. The molecule has 6 nitrogen and oxygen atoms in total. The Kier molecular flexibility index (Phi) is 5.46. The number of fused-ring (bicyclic) bond motifs is 1. The van der Waals surface area contributed by atoms with Crippen molar-refractivity contribution >= 4 is 34.7 Å². The van der Waals surface area contributed by atoms with Gasteiger partial charge in [-0.1, -0.05) is 24.1 Å². The third-order valence-electron chi connectivity index (χ3n) is 5.85. The van der Waals surface area contributed by atoms with Crippen molar-refractivity contribution in [3.05, 3.63) is 52.2 Å².